The van der Waals surface area contributed by atoms with Crippen LogP contribution in [0.2, 0.25) is 0 Å². The van der Waals surface area contributed by atoms with Crippen molar-refractivity contribution in [3.05, 3.63) is 27.8 Å². The number of hydrogen-bond donors (Lipinski definition) is 1. The van der Waals surface area contributed by atoms with Gasteiger partial charge < -0.3 is 14.8 Å². The van der Waals surface area contributed by atoms with Crippen molar-refractivity contribution in [3.8, 4) is 0 Å². The highest BCUT2D eigenvalue weighted by molar-refractivity contribution is 14.1. The fourth-order valence-electron chi connectivity index (χ4n) is 2.48. The monoisotopic (exact) mass is 359 g/mol. The largest absolute Gasteiger partial charge is 0.434 e. The van der Waals surface area contributed by atoms with Crippen molar-refractivity contribution in [1.29, 1.82) is 0 Å². The van der Waals surface area contributed by atoms with Crippen molar-refractivity contribution < 1.29 is 14.3 Å². The van der Waals surface area contributed by atoms with E-state index in [9.17, 15) is 4.79 Å². The summed E-state index contributed by atoms with van der Waals surface area (Å²) in [5, 5.41) is 3.26. The molecule has 2 fully saturated rings. The second kappa shape index (κ2) is 5.05. The van der Waals surface area contributed by atoms with Crippen LogP contribution in [0.25, 0.3) is 0 Å². The van der Waals surface area contributed by atoms with Gasteiger partial charge in [0.25, 0.3) is 0 Å². The first-order valence-corrected chi connectivity index (χ1v) is 7.16. The number of benzene rings is 1. The number of halogens is 1. The molecule has 3 rings (SSSR count). The van der Waals surface area contributed by atoms with Crippen LogP contribution in [0.5, 0.6) is 0 Å². The normalized spacial score (nSPS) is 30.7. The Kier molecular flexibility index (Phi) is 3.43. The maximum Gasteiger partial charge on any atom is 0.331 e. The van der Waals surface area contributed by atoms with Crippen LogP contribution in [-0.2, 0) is 14.3 Å². The molecule has 18 heavy (non-hydrogen) atoms. The Labute approximate surface area is 119 Å². The molecule has 5 heteroatoms. The summed E-state index contributed by atoms with van der Waals surface area (Å²) >= 11 is 2.26. The zero-order valence-electron chi connectivity index (χ0n) is 9.77. The van der Waals surface area contributed by atoms with E-state index in [0.29, 0.717) is 6.61 Å². The SMILES string of the molecule is O=C1O[C@@H]2OCCC[C@@H]2[C@H]1Nc1ccc(I)cc1. The summed E-state index contributed by atoms with van der Waals surface area (Å²) in [6, 6.07) is 7.70. The van der Waals surface area contributed by atoms with Gasteiger partial charge >= 0.3 is 5.97 Å². The van der Waals surface area contributed by atoms with Gasteiger partial charge in [0, 0.05) is 9.26 Å². The van der Waals surface area contributed by atoms with Gasteiger partial charge in [-0.2, -0.15) is 0 Å². The maximum atomic E-state index is 11.8. The molecule has 0 unspecified atom stereocenters. The zero-order valence-corrected chi connectivity index (χ0v) is 11.9. The van der Waals surface area contributed by atoms with E-state index >= 15 is 0 Å². The van der Waals surface area contributed by atoms with E-state index in [1.807, 2.05) is 24.3 Å². The lowest BCUT2D eigenvalue weighted by Crippen LogP contribution is -2.36. The molecule has 0 saturated carbocycles. The first kappa shape index (κ1) is 12.2. The van der Waals surface area contributed by atoms with E-state index in [2.05, 4.69) is 27.9 Å². The molecular weight excluding hydrogens is 345 g/mol. The second-order valence-corrected chi connectivity index (χ2v) is 5.86. The van der Waals surface area contributed by atoms with Crippen LogP contribution in [0, 0.1) is 9.49 Å². The van der Waals surface area contributed by atoms with E-state index in [4.69, 9.17) is 9.47 Å². The van der Waals surface area contributed by atoms with Gasteiger partial charge in [-0.3, -0.25) is 0 Å². The number of carbonyl (C=O) groups is 1. The summed E-state index contributed by atoms with van der Waals surface area (Å²) in [5.41, 5.74) is 0.948. The Hall–Kier alpha value is -0.820. The van der Waals surface area contributed by atoms with E-state index in [0.717, 1.165) is 18.5 Å². The summed E-state index contributed by atoms with van der Waals surface area (Å²) in [5.74, 6) is -0.0732. The van der Waals surface area contributed by atoms with Crippen molar-refractivity contribution in [3.63, 3.8) is 0 Å². The van der Waals surface area contributed by atoms with Gasteiger partial charge in [-0.25, -0.2) is 4.79 Å². The molecule has 3 atom stereocenters. The molecule has 2 aliphatic heterocycles. The number of rotatable bonds is 2. The molecule has 96 valence electrons. The summed E-state index contributed by atoms with van der Waals surface area (Å²) in [6.45, 7) is 0.685. The van der Waals surface area contributed by atoms with Crippen LogP contribution in [0.1, 0.15) is 12.8 Å². The predicted octanol–water partition coefficient (Wildman–Crippen LogP) is 2.38. The Morgan fingerprint density at radius 3 is 2.83 bits per heavy atom. The molecule has 2 aliphatic rings. The fourth-order valence-corrected chi connectivity index (χ4v) is 2.84. The summed E-state index contributed by atoms with van der Waals surface area (Å²) in [4.78, 5) is 11.8. The fraction of sp³-hybridized carbons (Fsp3) is 0.462. The van der Waals surface area contributed by atoms with Gasteiger partial charge in [0.05, 0.1) is 12.5 Å². The number of fused-ring (bicyclic) bond motifs is 1. The van der Waals surface area contributed by atoms with Gasteiger partial charge in [0.1, 0.15) is 6.04 Å². The Morgan fingerprint density at radius 2 is 2.06 bits per heavy atom. The average molecular weight is 359 g/mol. The number of carbonyl (C=O) groups excluding carboxylic acids is 1. The second-order valence-electron chi connectivity index (χ2n) is 4.61. The molecule has 1 aromatic carbocycles. The highest BCUT2D eigenvalue weighted by Gasteiger charge is 2.46. The van der Waals surface area contributed by atoms with Crippen LogP contribution in [0.4, 0.5) is 5.69 Å². The summed E-state index contributed by atoms with van der Waals surface area (Å²) in [6.07, 6.45) is 1.61. The topological polar surface area (TPSA) is 47.6 Å². The van der Waals surface area contributed by atoms with E-state index in [1.54, 1.807) is 0 Å². The predicted molar refractivity (Wildman–Crippen MR) is 75.1 cm³/mol. The minimum atomic E-state index is -0.354. The Balaban J connectivity index is 1.75. The Bertz CT molecular complexity index is 448. The molecule has 1 aromatic rings. The lowest BCUT2D eigenvalue weighted by Gasteiger charge is -2.26. The molecule has 2 heterocycles. The molecule has 1 N–H and O–H groups in total. The molecule has 0 aromatic heterocycles. The van der Waals surface area contributed by atoms with Gasteiger partial charge in [-0.05, 0) is 59.7 Å². The lowest BCUT2D eigenvalue weighted by atomic mass is 9.94. The van der Waals surface area contributed by atoms with Crippen LogP contribution < -0.4 is 5.32 Å². The molecule has 0 radical (unpaired) electrons. The van der Waals surface area contributed by atoms with Crippen LogP contribution in [-0.4, -0.2) is 24.9 Å². The molecule has 0 bridgehead atoms. The number of ether oxygens (including phenoxy) is 2. The molecule has 4 nitrogen and oxygen atoms in total. The van der Waals surface area contributed by atoms with Crippen molar-refractivity contribution >= 4 is 34.2 Å². The van der Waals surface area contributed by atoms with Gasteiger partial charge in [0.15, 0.2) is 0 Å². The number of anilines is 1. The number of nitrogens with one attached hydrogen (secondary N) is 1. The first-order chi connectivity index (χ1) is 8.74. The summed E-state index contributed by atoms with van der Waals surface area (Å²) < 4.78 is 11.9. The van der Waals surface area contributed by atoms with Gasteiger partial charge in [-0.1, -0.05) is 0 Å². The van der Waals surface area contributed by atoms with Crippen LogP contribution >= 0.6 is 22.6 Å². The van der Waals surface area contributed by atoms with Gasteiger partial charge in [-0.15, -0.1) is 0 Å². The molecule has 0 aliphatic carbocycles. The zero-order chi connectivity index (χ0) is 12.5. The van der Waals surface area contributed by atoms with Crippen LogP contribution in [0.3, 0.4) is 0 Å². The highest BCUT2D eigenvalue weighted by atomic mass is 127. The van der Waals surface area contributed by atoms with Crippen molar-refractivity contribution in [1.82, 2.24) is 0 Å². The van der Waals surface area contributed by atoms with Crippen molar-refractivity contribution in [2.45, 2.75) is 25.2 Å². The minimum Gasteiger partial charge on any atom is -0.434 e. The molecule has 0 amide bonds. The molecular formula is C13H14INO3. The molecule has 2 saturated heterocycles. The quantitative estimate of drug-likeness (QED) is 0.651. The van der Waals surface area contributed by atoms with Crippen LogP contribution in [0.15, 0.2) is 24.3 Å². The average Bonchev–Trinajstić information content (AvgIpc) is 2.69. The first-order valence-electron chi connectivity index (χ1n) is 6.08. The van der Waals surface area contributed by atoms with Gasteiger partial charge in [0.2, 0.25) is 6.29 Å². The highest BCUT2D eigenvalue weighted by Crippen LogP contribution is 2.33. The maximum absolute atomic E-state index is 11.8. The summed E-state index contributed by atoms with van der Waals surface area (Å²) in [7, 11) is 0. The van der Waals surface area contributed by atoms with E-state index < -0.39 is 0 Å². The molecule has 0 spiro atoms. The minimum absolute atomic E-state index is 0.130. The third-order valence-electron chi connectivity index (χ3n) is 3.39. The Morgan fingerprint density at radius 1 is 1.28 bits per heavy atom. The van der Waals surface area contributed by atoms with E-state index in [-0.39, 0.29) is 24.2 Å². The third kappa shape index (κ3) is 2.33. The lowest BCUT2D eigenvalue weighted by molar-refractivity contribution is -0.174. The smallest absolute Gasteiger partial charge is 0.331 e. The van der Waals surface area contributed by atoms with Crippen molar-refractivity contribution in [2.24, 2.45) is 5.92 Å². The number of esters is 1. The van der Waals surface area contributed by atoms with E-state index in [1.165, 1.54) is 3.57 Å². The van der Waals surface area contributed by atoms with Crippen molar-refractivity contribution in [2.75, 3.05) is 11.9 Å². The third-order valence-corrected chi connectivity index (χ3v) is 4.11. The standard InChI is InChI=1S/C13H14INO3/c14-8-3-5-9(6-4-8)15-11-10-2-1-7-17-13(10)18-12(11)16/h3-6,10-11,13,15H,1-2,7H2/t10-,11-,13+/m1/s1. The number of hydrogen-bond acceptors (Lipinski definition) is 4.